The highest BCUT2D eigenvalue weighted by Gasteiger charge is 2.27. The summed E-state index contributed by atoms with van der Waals surface area (Å²) < 4.78 is 0. The van der Waals surface area contributed by atoms with Crippen LogP contribution in [0.25, 0.3) is 11.4 Å². The topological polar surface area (TPSA) is 87.9 Å². The van der Waals surface area contributed by atoms with Gasteiger partial charge in [0.1, 0.15) is 5.82 Å². The molecule has 1 amide bonds. The van der Waals surface area contributed by atoms with Crippen molar-refractivity contribution >= 4 is 5.91 Å². The first-order chi connectivity index (χ1) is 11.2. The van der Waals surface area contributed by atoms with Crippen molar-refractivity contribution < 1.29 is 4.79 Å². The van der Waals surface area contributed by atoms with Crippen LogP contribution in [-0.2, 0) is 4.79 Å². The average molecular weight is 313 g/mol. The van der Waals surface area contributed by atoms with E-state index in [0.29, 0.717) is 12.5 Å². The van der Waals surface area contributed by atoms with Crippen LogP contribution in [0.5, 0.6) is 0 Å². The Morgan fingerprint density at radius 3 is 2.70 bits per heavy atom. The minimum atomic E-state index is -0.0958. The predicted octanol–water partition coefficient (Wildman–Crippen LogP) is 1.77. The molecule has 1 fully saturated rings. The number of piperidine rings is 1. The molecule has 1 aromatic heterocycles. The summed E-state index contributed by atoms with van der Waals surface area (Å²) in [5.41, 5.74) is 6.60. The maximum Gasteiger partial charge on any atom is 0.226 e. The second-order valence-corrected chi connectivity index (χ2v) is 6.15. The number of aromatic nitrogens is 3. The van der Waals surface area contributed by atoms with Crippen LogP contribution in [0.1, 0.15) is 31.5 Å². The summed E-state index contributed by atoms with van der Waals surface area (Å²) in [6, 6.07) is 9.94. The number of aromatic amines is 1. The van der Waals surface area contributed by atoms with Crippen LogP contribution in [0.2, 0.25) is 0 Å². The molecule has 1 atom stereocenters. The molecule has 0 spiro atoms. The van der Waals surface area contributed by atoms with Gasteiger partial charge >= 0.3 is 0 Å². The van der Waals surface area contributed by atoms with Crippen LogP contribution >= 0.6 is 0 Å². The largest absolute Gasteiger partial charge is 0.342 e. The van der Waals surface area contributed by atoms with Crippen molar-refractivity contribution in [3.63, 3.8) is 0 Å². The molecule has 1 aromatic carbocycles. The van der Waals surface area contributed by atoms with Gasteiger partial charge in [0, 0.05) is 37.0 Å². The van der Waals surface area contributed by atoms with Crippen molar-refractivity contribution in [3.05, 3.63) is 36.2 Å². The summed E-state index contributed by atoms with van der Waals surface area (Å²) in [4.78, 5) is 18.7. The number of nitrogens with one attached hydrogen (secondary N) is 1. The Hall–Kier alpha value is -2.21. The number of nitrogens with zero attached hydrogens (tertiary/aromatic N) is 3. The standard InChI is InChI=1S/C17H23N5O/c1-12(11-18)17(23)22-9-7-14(8-10-22)16-19-15(20-21-16)13-5-3-2-4-6-13/h2-6,12,14H,7-11,18H2,1H3,(H,19,20,21). The van der Waals surface area contributed by atoms with Crippen LogP contribution in [0, 0.1) is 5.92 Å². The summed E-state index contributed by atoms with van der Waals surface area (Å²) >= 11 is 0. The zero-order chi connectivity index (χ0) is 16.2. The first-order valence-corrected chi connectivity index (χ1v) is 8.15. The second-order valence-electron chi connectivity index (χ2n) is 6.15. The Balaban J connectivity index is 1.62. The van der Waals surface area contributed by atoms with E-state index in [4.69, 9.17) is 5.73 Å². The molecule has 1 unspecified atom stereocenters. The summed E-state index contributed by atoms with van der Waals surface area (Å²) in [6.45, 7) is 3.81. The Morgan fingerprint density at radius 2 is 2.04 bits per heavy atom. The third-order valence-electron chi connectivity index (χ3n) is 4.50. The highest BCUT2D eigenvalue weighted by molar-refractivity contribution is 5.78. The number of benzene rings is 1. The molecule has 1 saturated heterocycles. The molecule has 6 nitrogen and oxygen atoms in total. The van der Waals surface area contributed by atoms with E-state index in [2.05, 4.69) is 15.2 Å². The van der Waals surface area contributed by atoms with E-state index in [1.165, 1.54) is 0 Å². The number of H-pyrrole nitrogens is 1. The predicted molar refractivity (Wildman–Crippen MR) is 88.6 cm³/mol. The summed E-state index contributed by atoms with van der Waals surface area (Å²) in [5.74, 6) is 2.05. The Bertz CT molecular complexity index is 646. The maximum absolute atomic E-state index is 12.2. The van der Waals surface area contributed by atoms with Gasteiger partial charge in [-0.05, 0) is 12.8 Å². The van der Waals surface area contributed by atoms with Crippen LogP contribution in [0.3, 0.4) is 0 Å². The molecule has 2 aromatic rings. The fourth-order valence-corrected chi connectivity index (χ4v) is 2.96. The van der Waals surface area contributed by atoms with Crippen LogP contribution in [0.15, 0.2) is 30.3 Å². The first-order valence-electron chi connectivity index (χ1n) is 8.15. The lowest BCUT2D eigenvalue weighted by molar-refractivity contribution is -0.135. The van der Waals surface area contributed by atoms with Gasteiger partial charge in [-0.3, -0.25) is 9.89 Å². The number of nitrogens with two attached hydrogens (primary N) is 1. The molecule has 0 radical (unpaired) electrons. The van der Waals surface area contributed by atoms with Crippen molar-refractivity contribution in [1.29, 1.82) is 0 Å². The molecule has 23 heavy (non-hydrogen) atoms. The lowest BCUT2D eigenvalue weighted by Gasteiger charge is -2.32. The smallest absolute Gasteiger partial charge is 0.226 e. The fraction of sp³-hybridized carbons (Fsp3) is 0.471. The maximum atomic E-state index is 12.2. The summed E-state index contributed by atoms with van der Waals surface area (Å²) in [5, 5.41) is 7.39. The Morgan fingerprint density at radius 1 is 1.35 bits per heavy atom. The molecular formula is C17H23N5O. The lowest BCUT2D eigenvalue weighted by Crippen LogP contribution is -2.42. The molecule has 0 bridgehead atoms. The van der Waals surface area contributed by atoms with Gasteiger partial charge in [0.25, 0.3) is 0 Å². The molecule has 1 aliphatic rings. The Labute approximate surface area is 136 Å². The summed E-state index contributed by atoms with van der Waals surface area (Å²) in [6.07, 6.45) is 1.82. The van der Waals surface area contributed by atoms with Crippen molar-refractivity contribution in [2.45, 2.75) is 25.7 Å². The van der Waals surface area contributed by atoms with Gasteiger partial charge in [-0.25, -0.2) is 4.98 Å². The molecule has 1 aliphatic heterocycles. The number of rotatable bonds is 4. The van der Waals surface area contributed by atoms with Crippen molar-refractivity contribution in [3.8, 4) is 11.4 Å². The number of hydrogen-bond donors (Lipinski definition) is 2. The number of amides is 1. The Kier molecular flexibility index (Phi) is 4.71. The quantitative estimate of drug-likeness (QED) is 0.900. The van der Waals surface area contributed by atoms with E-state index in [-0.39, 0.29) is 11.8 Å². The number of hydrogen-bond acceptors (Lipinski definition) is 4. The second kappa shape index (κ2) is 6.91. The minimum Gasteiger partial charge on any atom is -0.342 e. The fourth-order valence-electron chi connectivity index (χ4n) is 2.96. The third kappa shape index (κ3) is 3.42. The SMILES string of the molecule is CC(CN)C(=O)N1CCC(c2nc(-c3ccccc3)n[nH]2)CC1. The van der Waals surface area contributed by atoms with Gasteiger partial charge in [-0.15, -0.1) is 0 Å². The highest BCUT2D eigenvalue weighted by Crippen LogP contribution is 2.27. The van der Waals surface area contributed by atoms with Gasteiger partial charge < -0.3 is 10.6 Å². The number of carbonyl (C=O) groups is 1. The molecule has 3 N–H and O–H groups in total. The highest BCUT2D eigenvalue weighted by atomic mass is 16.2. The minimum absolute atomic E-state index is 0.0958. The third-order valence-corrected chi connectivity index (χ3v) is 4.50. The first kappa shape index (κ1) is 15.7. The van der Waals surface area contributed by atoms with Crippen molar-refractivity contribution in [2.75, 3.05) is 19.6 Å². The van der Waals surface area contributed by atoms with Gasteiger partial charge in [-0.1, -0.05) is 37.3 Å². The van der Waals surface area contributed by atoms with E-state index in [1.807, 2.05) is 42.2 Å². The zero-order valence-electron chi connectivity index (χ0n) is 13.4. The molecule has 0 saturated carbocycles. The van der Waals surface area contributed by atoms with Gasteiger partial charge in [0.2, 0.25) is 5.91 Å². The van der Waals surface area contributed by atoms with Crippen molar-refractivity contribution in [1.82, 2.24) is 20.1 Å². The van der Waals surface area contributed by atoms with E-state index in [1.54, 1.807) is 0 Å². The number of likely N-dealkylation sites (tertiary alicyclic amines) is 1. The molecule has 3 rings (SSSR count). The molecular weight excluding hydrogens is 290 g/mol. The zero-order valence-corrected chi connectivity index (χ0v) is 13.4. The molecule has 122 valence electrons. The summed E-state index contributed by atoms with van der Waals surface area (Å²) in [7, 11) is 0. The van der Waals surface area contributed by atoms with E-state index in [9.17, 15) is 4.79 Å². The van der Waals surface area contributed by atoms with Gasteiger partial charge in [-0.2, -0.15) is 5.10 Å². The van der Waals surface area contributed by atoms with Crippen molar-refractivity contribution in [2.24, 2.45) is 11.7 Å². The lowest BCUT2D eigenvalue weighted by atomic mass is 9.95. The average Bonchev–Trinajstić information content (AvgIpc) is 3.11. The molecule has 2 heterocycles. The molecule has 0 aliphatic carbocycles. The monoisotopic (exact) mass is 313 g/mol. The number of carbonyl (C=O) groups excluding carboxylic acids is 1. The van der Waals surface area contributed by atoms with E-state index < -0.39 is 0 Å². The molecule has 6 heteroatoms. The normalized spacial score (nSPS) is 17.2. The van der Waals surface area contributed by atoms with Crippen LogP contribution in [-0.4, -0.2) is 45.6 Å². The van der Waals surface area contributed by atoms with E-state index >= 15 is 0 Å². The van der Waals surface area contributed by atoms with Crippen LogP contribution in [0.4, 0.5) is 0 Å². The van der Waals surface area contributed by atoms with Crippen LogP contribution < -0.4 is 5.73 Å². The van der Waals surface area contributed by atoms with E-state index in [0.717, 1.165) is 43.1 Å². The van der Waals surface area contributed by atoms with Gasteiger partial charge in [0.05, 0.1) is 0 Å². The van der Waals surface area contributed by atoms with Gasteiger partial charge in [0.15, 0.2) is 5.82 Å².